The number of rotatable bonds is 10. The molecular formula is C33H31N3O6S2. The number of nitrogens with one attached hydrogen (secondary N) is 2. The summed E-state index contributed by atoms with van der Waals surface area (Å²) < 4.78 is 5.38. The van der Waals surface area contributed by atoms with Crippen LogP contribution in [0.5, 0.6) is 0 Å². The molecule has 44 heavy (non-hydrogen) atoms. The van der Waals surface area contributed by atoms with E-state index in [1.54, 1.807) is 32.0 Å². The van der Waals surface area contributed by atoms with Gasteiger partial charge in [-0.25, -0.2) is 4.79 Å². The molecule has 2 amide bonds. The second kappa shape index (κ2) is 13.9. The van der Waals surface area contributed by atoms with Gasteiger partial charge in [0.2, 0.25) is 5.91 Å². The van der Waals surface area contributed by atoms with Gasteiger partial charge in [0, 0.05) is 33.2 Å². The van der Waals surface area contributed by atoms with E-state index in [0.717, 1.165) is 34.6 Å². The Hall–Kier alpha value is -4.48. The minimum Gasteiger partial charge on any atom is -0.462 e. The zero-order valence-corrected chi connectivity index (χ0v) is 25.8. The summed E-state index contributed by atoms with van der Waals surface area (Å²) in [5.41, 5.74) is 3.16. The minimum atomic E-state index is -0.553. The molecule has 1 aliphatic carbocycles. The van der Waals surface area contributed by atoms with E-state index < -0.39 is 22.0 Å². The third kappa shape index (κ3) is 7.17. The molecule has 0 saturated carbocycles. The van der Waals surface area contributed by atoms with Crippen molar-refractivity contribution >= 4 is 57.3 Å². The number of nitro groups is 1. The molecule has 1 aromatic heterocycles. The molecule has 2 N–H and O–H groups in total. The van der Waals surface area contributed by atoms with Crippen LogP contribution in [0.4, 0.5) is 16.4 Å². The van der Waals surface area contributed by atoms with Crippen molar-refractivity contribution in [2.75, 3.05) is 17.2 Å². The third-order valence-electron chi connectivity index (χ3n) is 7.35. The van der Waals surface area contributed by atoms with Crippen molar-refractivity contribution in [3.63, 3.8) is 0 Å². The second-order valence-corrected chi connectivity index (χ2v) is 12.8. The van der Waals surface area contributed by atoms with Crippen LogP contribution in [-0.2, 0) is 22.4 Å². The van der Waals surface area contributed by atoms with Crippen molar-refractivity contribution in [1.82, 2.24) is 0 Å². The van der Waals surface area contributed by atoms with E-state index in [-0.39, 0.29) is 23.8 Å². The van der Waals surface area contributed by atoms with Gasteiger partial charge in [0.1, 0.15) is 5.00 Å². The molecular weight excluding hydrogens is 599 g/mol. The van der Waals surface area contributed by atoms with Gasteiger partial charge in [0.05, 0.1) is 22.3 Å². The van der Waals surface area contributed by atoms with Crippen molar-refractivity contribution in [2.45, 2.75) is 49.2 Å². The van der Waals surface area contributed by atoms with E-state index in [4.69, 9.17) is 4.74 Å². The minimum absolute atomic E-state index is 0.163. The quantitative estimate of drug-likeness (QED) is 0.0806. The van der Waals surface area contributed by atoms with E-state index in [2.05, 4.69) is 22.8 Å². The number of nitrogens with zero attached hydrogens (tertiary/aromatic N) is 1. The van der Waals surface area contributed by atoms with Gasteiger partial charge in [0.25, 0.3) is 11.6 Å². The van der Waals surface area contributed by atoms with E-state index in [0.29, 0.717) is 22.2 Å². The van der Waals surface area contributed by atoms with Crippen molar-refractivity contribution in [1.29, 1.82) is 0 Å². The van der Waals surface area contributed by atoms with E-state index in [9.17, 15) is 24.5 Å². The SMILES string of the molecule is CCOC(=O)c1c(NC(=O)C(C)Sc2cccc(NC(=O)c3cccc([N+](=O)[O-])c3)c2)sc2c1CCC(c1ccccc1)C2. The van der Waals surface area contributed by atoms with Gasteiger partial charge in [-0.05, 0) is 74.4 Å². The van der Waals surface area contributed by atoms with Gasteiger partial charge in [0.15, 0.2) is 0 Å². The first-order valence-corrected chi connectivity index (χ1v) is 15.9. The summed E-state index contributed by atoms with van der Waals surface area (Å²) in [6.07, 6.45) is 2.44. The highest BCUT2D eigenvalue weighted by atomic mass is 32.2. The van der Waals surface area contributed by atoms with Gasteiger partial charge in [-0.3, -0.25) is 19.7 Å². The number of nitro benzene ring substituents is 1. The summed E-state index contributed by atoms with van der Waals surface area (Å²) in [5.74, 6) is -0.819. The number of carbonyl (C=O) groups is 3. The summed E-state index contributed by atoms with van der Waals surface area (Å²) in [6, 6.07) is 22.9. The van der Waals surface area contributed by atoms with E-state index in [1.807, 2.05) is 24.3 Å². The van der Waals surface area contributed by atoms with Crippen LogP contribution in [-0.4, -0.2) is 34.6 Å². The molecule has 0 spiro atoms. The lowest BCUT2D eigenvalue weighted by Crippen LogP contribution is -2.23. The van der Waals surface area contributed by atoms with Crippen molar-refractivity contribution < 1.29 is 24.0 Å². The first-order chi connectivity index (χ1) is 21.2. The highest BCUT2D eigenvalue weighted by Gasteiger charge is 2.31. The predicted molar refractivity (Wildman–Crippen MR) is 173 cm³/mol. The summed E-state index contributed by atoms with van der Waals surface area (Å²) in [6.45, 7) is 3.78. The molecule has 5 rings (SSSR count). The Morgan fingerprint density at radius 1 is 1.05 bits per heavy atom. The number of hydrogen-bond acceptors (Lipinski definition) is 8. The number of fused-ring (bicyclic) bond motifs is 1. The van der Waals surface area contributed by atoms with Crippen LogP contribution in [0.2, 0.25) is 0 Å². The third-order valence-corrected chi connectivity index (χ3v) is 9.61. The molecule has 4 aromatic rings. The zero-order valence-electron chi connectivity index (χ0n) is 24.2. The van der Waals surface area contributed by atoms with Gasteiger partial charge < -0.3 is 15.4 Å². The molecule has 2 unspecified atom stereocenters. The number of esters is 1. The maximum Gasteiger partial charge on any atom is 0.341 e. The normalized spacial score (nSPS) is 14.6. The highest BCUT2D eigenvalue weighted by molar-refractivity contribution is 8.00. The molecule has 1 aliphatic rings. The fourth-order valence-corrected chi connectivity index (χ4v) is 7.43. The van der Waals surface area contributed by atoms with Crippen LogP contribution in [0.25, 0.3) is 0 Å². The van der Waals surface area contributed by atoms with Crippen LogP contribution in [0.3, 0.4) is 0 Å². The molecule has 0 fully saturated rings. The Morgan fingerprint density at radius 3 is 2.57 bits per heavy atom. The van der Waals surface area contributed by atoms with Gasteiger partial charge in [-0.15, -0.1) is 23.1 Å². The van der Waals surface area contributed by atoms with Crippen molar-refractivity contribution in [3.05, 3.63) is 116 Å². The number of thiophene rings is 1. The molecule has 0 radical (unpaired) electrons. The summed E-state index contributed by atoms with van der Waals surface area (Å²) >= 11 is 2.75. The summed E-state index contributed by atoms with van der Waals surface area (Å²) in [7, 11) is 0. The van der Waals surface area contributed by atoms with Crippen LogP contribution in [0, 0.1) is 10.1 Å². The summed E-state index contributed by atoms with van der Waals surface area (Å²) in [4.78, 5) is 51.5. The standard InChI is InChI=1S/C33H31N3O6S2/c1-3-42-33(39)29-27-16-15-22(21-9-5-4-6-10-21)18-28(27)44-32(29)35-30(37)20(2)43-26-14-8-12-24(19-26)34-31(38)23-11-7-13-25(17-23)36(40)41/h4-14,17,19-20,22H,3,15-16,18H2,1-2H3,(H,34,38)(H,35,37). The molecule has 11 heteroatoms. The number of carbonyl (C=O) groups excluding carboxylic acids is 3. The van der Waals surface area contributed by atoms with Crippen molar-refractivity contribution in [2.24, 2.45) is 0 Å². The first-order valence-electron chi connectivity index (χ1n) is 14.2. The monoisotopic (exact) mass is 629 g/mol. The Bertz CT molecular complexity index is 1700. The van der Waals surface area contributed by atoms with E-state index in [1.165, 1.54) is 52.9 Å². The number of amides is 2. The van der Waals surface area contributed by atoms with Crippen LogP contribution in [0.1, 0.15) is 62.9 Å². The molecule has 0 aliphatic heterocycles. The molecule has 226 valence electrons. The number of hydrogen-bond donors (Lipinski definition) is 2. The number of thioether (sulfide) groups is 1. The van der Waals surface area contributed by atoms with Crippen LogP contribution in [0.15, 0.2) is 83.8 Å². The predicted octanol–water partition coefficient (Wildman–Crippen LogP) is 7.48. The lowest BCUT2D eigenvalue weighted by molar-refractivity contribution is -0.384. The Kier molecular flexibility index (Phi) is 9.76. The smallest absolute Gasteiger partial charge is 0.341 e. The molecule has 0 saturated heterocycles. The molecule has 9 nitrogen and oxygen atoms in total. The zero-order chi connectivity index (χ0) is 31.2. The van der Waals surface area contributed by atoms with Gasteiger partial charge in [-0.1, -0.05) is 42.5 Å². The Balaban J connectivity index is 1.28. The van der Waals surface area contributed by atoms with Crippen LogP contribution < -0.4 is 10.6 Å². The topological polar surface area (TPSA) is 128 Å². The average molecular weight is 630 g/mol. The molecule has 2 atom stereocenters. The fourth-order valence-electron chi connectivity index (χ4n) is 5.19. The number of non-ortho nitro benzene ring substituents is 1. The van der Waals surface area contributed by atoms with Gasteiger partial charge >= 0.3 is 5.97 Å². The number of benzene rings is 3. The lowest BCUT2D eigenvalue weighted by atomic mass is 9.83. The molecule has 1 heterocycles. The maximum absolute atomic E-state index is 13.4. The lowest BCUT2D eigenvalue weighted by Gasteiger charge is -2.23. The van der Waals surface area contributed by atoms with Crippen LogP contribution >= 0.6 is 23.1 Å². The highest BCUT2D eigenvalue weighted by Crippen LogP contribution is 2.43. The van der Waals surface area contributed by atoms with E-state index >= 15 is 0 Å². The molecule has 0 bridgehead atoms. The fraction of sp³-hybridized carbons (Fsp3) is 0.242. The Labute approximate surface area is 263 Å². The molecule has 3 aromatic carbocycles. The number of ether oxygens (including phenoxy) is 1. The van der Waals surface area contributed by atoms with Crippen molar-refractivity contribution in [3.8, 4) is 0 Å². The second-order valence-electron chi connectivity index (χ2n) is 10.3. The van der Waals surface area contributed by atoms with Gasteiger partial charge in [-0.2, -0.15) is 0 Å². The number of anilines is 2. The summed E-state index contributed by atoms with van der Waals surface area (Å²) in [5, 5.41) is 16.8. The average Bonchev–Trinajstić information content (AvgIpc) is 3.38. The first kappa shape index (κ1) is 31.0. The largest absolute Gasteiger partial charge is 0.462 e. The Morgan fingerprint density at radius 2 is 1.82 bits per heavy atom. The maximum atomic E-state index is 13.4.